The summed E-state index contributed by atoms with van der Waals surface area (Å²) >= 11 is 3.51. The van der Waals surface area contributed by atoms with E-state index in [1.807, 2.05) is 24.3 Å². The van der Waals surface area contributed by atoms with Gasteiger partial charge >= 0.3 is 0 Å². The molecule has 3 rings (SSSR count). The van der Waals surface area contributed by atoms with Gasteiger partial charge in [-0.2, -0.15) is 5.10 Å². The molecule has 0 atom stereocenters. The number of halogens is 1. The Morgan fingerprint density at radius 1 is 1.29 bits per heavy atom. The highest BCUT2D eigenvalue weighted by Crippen LogP contribution is 2.30. The Morgan fingerprint density at radius 3 is 2.86 bits per heavy atom. The summed E-state index contributed by atoms with van der Waals surface area (Å²) in [6.45, 7) is 0.931. The fourth-order valence-corrected chi connectivity index (χ4v) is 3.37. The maximum Gasteiger partial charge on any atom is 0.138 e. The van der Waals surface area contributed by atoms with E-state index in [9.17, 15) is 0 Å². The first kappa shape index (κ1) is 14.6. The fourth-order valence-electron chi connectivity index (χ4n) is 2.85. The van der Waals surface area contributed by atoms with Gasteiger partial charge in [0.1, 0.15) is 12.4 Å². The van der Waals surface area contributed by atoms with Gasteiger partial charge in [0.25, 0.3) is 0 Å². The maximum atomic E-state index is 5.92. The molecule has 0 bridgehead atoms. The van der Waals surface area contributed by atoms with Crippen LogP contribution in [0.25, 0.3) is 0 Å². The van der Waals surface area contributed by atoms with Crippen molar-refractivity contribution < 1.29 is 4.74 Å². The van der Waals surface area contributed by atoms with Gasteiger partial charge in [-0.15, -0.1) is 0 Å². The summed E-state index contributed by atoms with van der Waals surface area (Å²) in [5.41, 5.74) is 7.71. The Bertz CT molecular complexity index is 605. The molecule has 0 aliphatic heterocycles. The molecule has 112 valence electrons. The zero-order valence-corrected chi connectivity index (χ0v) is 13.6. The smallest absolute Gasteiger partial charge is 0.138 e. The second-order valence-electron chi connectivity index (χ2n) is 5.45. The van der Waals surface area contributed by atoms with Crippen LogP contribution in [0.1, 0.15) is 43.0 Å². The first-order valence-electron chi connectivity index (χ1n) is 7.42. The highest BCUT2D eigenvalue weighted by atomic mass is 79.9. The van der Waals surface area contributed by atoms with Gasteiger partial charge in [0, 0.05) is 18.3 Å². The van der Waals surface area contributed by atoms with Crippen molar-refractivity contribution in [1.29, 1.82) is 0 Å². The van der Waals surface area contributed by atoms with E-state index >= 15 is 0 Å². The molecule has 0 saturated heterocycles. The highest BCUT2D eigenvalue weighted by Gasteiger charge is 2.17. The number of nitrogens with two attached hydrogens (primary N) is 1. The fraction of sp³-hybridized carbons (Fsp3) is 0.438. The summed E-state index contributed by atoms with van der Waals surface area (Å²) in [6, 6.07) is 8.52. The first-order chi connectivity index (χ1) is 10.3. The summed E-state index contributed by atoms with van der Waals surface area (Å²) in [5.74, 6) is 0.815. The third-order valence-corrected chi connectivity index (χ3v) is 4.62. The third kappa shape index (κ3) is 3.30. The Hall–Kier alpha value is -1.33. The lowest BCUT2D eigenvalue weighted by Crippen LogP contribution is -2.07. The third-order valence-electron chi connectivity index (χ3n) is 4.00. The van der Waals surface area contributed by atoms with Crippen LogP contribution in [0.2, 0.25) is 0 Å². The normalized spacial score (nSPS) is 15.5. The molecule has 0 unspecified atom stereocenters. The molecule has 1 aromatic carbocycles. The van der Waals surface area contributed by atoms with Crippen molar-refractivity contribution in [2.45, 2.75) is 44.9 Å². The number of para-hydroxylation sites is 1. The standard InChI is InChI=1S/C16H20BrN3O/c17-15-7-3-4-12(10-18)16(15)21-11-13-8-9-20(19-13)14-5-1-2-6-14/h3-4,7-9,14H,1-2,5-6,10-11,18H2. The van der Waals surface area contributed by atoms with Crippen molar-refractivity contribution in [2.75, 3.05) is 0 Å². The van der Waals surface area contributed by atoms with Gasteiger partial charge in [-0.05, 0) is 40.9 Å². The van der Waals surface area contributed by atoms with Crippen molar-refractivity contribution >= 4 is 15.9 Å². The molecule has 0 amide bonds. The molecular formula is C16H20BrN3O. The zero-order valence-electron chi connectivity index (χ0n) is 12.0. The number of rotatable bonds is 5. The van der Waals surface area contributed by atoms with Gasteiger partial charge in [0.2, 0.25) is 0 Å². The van der Waals surface area contributed by atoms with E-state index in [-0.39, 0.29) is 0 Å². The van der Waals surface area contributed by atoms with Crippen LogP contribution in [0.15, 0.2) is 34.9 Å². The van der Waals surface area contributed by atoms with Gasteiger partial charge in [-0.1, -0.05) is 25.0 Å². The van der Waals surface area contributed by atoms with E-state index in [1.165, 1.54) is 25.7 Å². The van der Waals surface area contributed by atoms with E-state index in [1.54, 1.807) is 0 Å². The van der Waals surface area contributed by atoms with E-state index in [4.69, 9.17) is 10.5 Å². The maximum absolute atomic E-state index is 5.92. The first-order valence-corrected chi connectivity index (χ1v) is 8.21. The molecule has 1 fully saturated rings. The van der Waals surface area contributed by atoms with E-state index < -0.39 is 0 Å². The van der Waals surface area contributed by atoms with Crippen molar-refractivity contribution in [3.05, 3.63) is 46.2 Å². The lowest BCUT2D eigenvalue weighted by molar-refractivity contribution is 0.293. The van der Waals surface area contributed by atoms with Crippen LogP contribution in [0, 0.1) is 0 Å². The van der Waals surface area contributed by atoms with E-state index in [2.05, 4.69) is 31.9 Å². The summed E-state index contributed by atoms with van der Waals surface area (Å²) < 4.78 is 8.94. The topological polar surface area (TPSA) is 53.1 Å². The van der Waals surface area contributed by atoms with Crippen LogP contribution in [-0.4, -0.2) is 9.78 Å². The number of hydrogen-bond donors (Lipinski definition) is 1. The Kier molecular flexibility index (Phi) is 4.60. The average Bonchev–Trinajstić information content (AvgIpc) is 3.16. The van der Waals surface area contributed by atoms with Crippen molar-refractivity contribution in [3.8, 4) is 5.75 Å². The SMILES string of the molecule is NCc1cccc(Br)c1OCc1ccn(C2CCCC2)n1. The number of aromatic nitrogens is 2. The summed E-state index contributed by atoms with van der Waals surface area (Å²) in [5, 5.41) is 4.64. The molecule has 4 nitrogen and oxygen atoms in total. The molecule has 5 heteroatoms. The van der Waals surface area contributed by atoms with E-state index in [0.717, 1.165) is 21.5 Å². The number of hydrogen-bond acceptors (Lipinski definition) is 3. The molecule has 1 heterocycles. The number of benzene rings is 1. The predicted molar refractivity (Wildman–Crippen MR) is 86.1 cm³/mol. The molecule has 21 heavy (non-hydrogen) atoms. The van der Waals surface area contributed by atoms with Gasteiger partial charge in [-0.25, -0.2) is 0 Å². The molecule has 2 N–H and O–H groups in total. The molecule has 1 aromatic heterocycles. The van der Waals surface area contributed by atoms with Crippen LogP contribution in [0.5, 0.6) is 5.75 Å². The van der Waals surface area contributed by atoms with Crippen molar-refractivity contribution in [3.63, 3.8) is 0 Å². The van der Waals surface area contributed by atoms with Crippen molar-refractivity contribution in [1.82, 2.24) is 9.78 Å². The Labute approximate surface area is 133 Å². The second-order valence-corrected chi connectivity index (χ2v) is 6.30. The number of ether oxygens (including phenoxy) is 1. The monoisotopic (exact) mass is 349 g/mol. The van der Waals surface area contributed by atoms with Crippen LogP contribution in [0.3, 0.4) is 0 Å². The Balaban J connectivity index is 1.68. The Morgan fingerprint density at radius 2 is 2.10 bits per heavy atom. The molecule has 0 radical (unpaired) electrons. The molecule has 0 spiro atoms. The van der Waals surface area contributed by atoms with Gasteiger partial charge in [-0.3, -0.25) is 4.68 Å². The lowest BCUT2D eigenvalue weighted by atomic mass is 10.2. The molecule has 2 aromatic rings. The molecule has 1 aliphatic carbocycles. The minimum absolute atomic E-state index is 0.464. The summed E-state index contributed by atoms with van der Waals surface area (Å²) in [7, 11) is 0. The van der Waals surface area contributed by atoms with Crippen LogP contribution < -0.4 is 10.5 Å². The second kappa shape index (κ2) is 6.62. The van der Waals surface area contributed by atoms with Crippen LogP contribution in [0.4, 0.5) is 0 Å². The predicted octanol–water partition coefficient (Wildman–Crippen LogP) is 3.80. The molecule has 1 saturated carbocycles. The van der Waals surface area contributed by atoms with Crippen LogP contribution >= 0.6 is 15.9 Å². The quantitative estimate of drug-likeness (QED) is 0.892. The average molecular weight is 350 g/mol. The van der Waals surface area contributed by atoms with Gasteiger partial charge in [0.15, 0.2) is 0 Å². The van der Waals surface area contributed by atoms with E-state index in [0.29, 0.717) is 19.2 Å². The minimum Gasteiger partial charge on any atom is -0.486 e. The van der Waals surface area contributed by atoms with Gasteiger partial charge in [0.05, 0.1) is 16.2 Å². The lowest BCUT2D eigenvalue weighted by Gasteiger charge is -2.12. The summed E-state index contributed by atoms with van der Waals surface area (Å²) in [6.07, 6.45) is 7.17. The number of nitrogens with zero attached hydrogens (tertiary/aromatic N) is 2. The highest BCUT2D eigenvalue weighted by molar-refractivity contribution is 9.10. The molecule has 1 aliphatic rings. The largest absolute Gasteiger partial charge is 0.486 e. The van der Waals surface area contributed by atoms with Gasteiger partial charge < -0.3 is 10.5 Å². The van der Waals surface area contributed by atoms with Crippen LogP contribution in [-0.2, 0) is 13.2 Å². The summed E-state index contributed by atoms with van der Waals surface area (Å²) in [4.78, 5) is 0. The van der Waals surface area contributed by atoms with Crippen molar-refractivity contribution in [2.24, 2.45) is 5.73 Å². The zero-order chi connectivity index (χ0) is 14.7. The molecular weight excluding hydrogens is 330 g/mol. The minimum atomic E-state index is 0.464.